The van der Waals surface area contributed by atoms with E-state index in [0.29, 0.717) is 37.8 Å². The van der Waals surface area contributed by atoms with Crippen molar-refractivity contribution in [2.75, 3.05) is 10.6 Å². The van der Waals surface area contributed by atoms with Crippen molar-refractivity contribution in [2.45, 2.75) is 51.0 Å². The molecule has 0 atom stereocenters. The van der Waals surface area contributed by atoms with Crippen LogP contribution in [0.3, 0.4) is 0 Å². The van der Waals surface area contributed by atoms with Crippen LogP contribution in [0.4, 0.5) is 16.2 Å². The van der Waals surface area contributed by atoms with Crippen molar-refractivity contribution in [3.05, 3.63) is 23.8 Å². The zero-order valence-electron chi connectivity index (χ0n) is 14.0. The van der Waals surface area contributed by atoms with Gasteiger partial charge in [-0.1, -0.05) is 0 Å². The zero-order valence-corrected chi connectivity index (χ0v) is 14.0. The van der Waals surface area contributed by atoms with Crippen LogP contribution in [0.5, 0.6) is 0 Å². The van der Waals surface area contributed by atoms with Gasteiger partial charge in [-0.2, -0.15) is 0 Å². The Hall–Kier alpha value is -2.57. The van der Waals surface area contributed by atoms with Crippen molar-refractivity contribution in [1.82, 2.24) is 5.32 Å². The first-order chi connectivity index (χ1) is 12.0. The maximum Gasteiger partial charge on any atom is 0.319 e. The van der Waals surface area contributed by atoms with Crippen LogP contribution in [0.15, 0.2) is 18.2 Å². The number of urea groups is 1. The summed E-state index contributed by atoms with van der Waals surface area (Å²) in [5.74, 6) is -1.02. The summed E-state index contributed by atoms with van der Waals surface area (Å²) in [4.78, 5) is 34.7. The number of nitrogens with one attached hydrogen (secondary N) is 3. The molecule has 1 aliphatic carbocycles. The van der Waals surface area contributed by atoms with Crippen molar-refractivity contribution < 1.29 is 19.5 Å². The Morgan fingerprint density at radius 2 is 1.88 bits per heavy atom. The van der Waals surface area contributed by atoms with E-state index >= 15 is 0 Å². The summed E-state index contributed by atoms with van der Waals surface area (Å²) in [6.07, 6.45) is 4.65. The first kappa shape index (κ1) is 17.3. The van der Waals surface area contributed by atoms with Gasteiger partial charge in [0.05, 0.1) is 5.92 Å². The molecule has 134 valence electrons. The summed E-state index contributed by atoms with van der Waals surface area (Å²) >= 11 is 0. The number of carboxylic acids is 1. The average molecular weight is 345 g/mol. The van der Waals surface area contributed by atoms with Gasteiger partial charge in [-0.25, -0.2) is 4.79 Å². The third kappa shape index (κ3) is 4.49. The third-order valence-corrected chi connectivity index (χ3v) is 4.90. The maximum atomic E-state index is 12.2. The van der Waals surface area contributed by atoms with E-state index < -0.39 is 5.97 Å². The predicted molar refractivity (Wildman–Crippen MR) is 93.5 cm³/mol. The van der Waals surface area contributed by atoms with E-state index in [2.05, 4.69) is 16.0 Å². The number of aryl methyl sites for hydroxylation is 1. The second-order valence-corrected chi connectivity index (χ2v) is 6.76. The van der Waals surface area contributed by atoms with Crippen LogP contribution in [-0.2, 0) is 16.0 Å². The second kappa shape index (κ2) is 7.55. The van der Waals surface area contributed by atoms with Gasteiger partial charge in [0.2, 0.25) is 5.91 Å². The summed E-state index contributed by atoms with van der Waals surface area (Å²) in [6.45, 7) is 0. The topological polar surface area (TPSA) is 108 Å². The fraction of sp³-hybridized carbons (Fsp3) is 0.500. The fourth-order valence-electron chi connectivity index (χ4n) is 3.49. The summed E-state index contributed by atoms with van der Waals surface area (Å²) in [5, 5.41) is 17.6. The molecule has 0 saturated heterocycles. The lowest BCUT2D eigenvalue weighted by atomic mass is 9.86. The van der Waals surface area contributed by atoms with Crippen LogP contribution in [0.1, 0.15) is 44.1 Å². The Kier molecular flexibility index (Phi) is 5.21. The van der Waals surface area contributed by atoms with Gasteiger partial charge in [0.15, 0.2) is 0 Å². The zero-order chi connectivity index (χ0) is 17.8. The smallest absolute Gasteiger partial charge is 0.319 e. The van der Waals surface area contributed by atoms with Crippen LogP contribution in [0.2, 0.25) is 0 Å². The molecule has 3 rings (SSSR count). The number of fused-ring (bicyclic) bond motifs is 1. The molecule has 0 unspecified atom stereocenters. The van der Waals surface area contributed by atoms with Gasteiger partial charge >= 0.3 is 12.0 Å². The van der Waals surface area contributed by atoms with Crippen LogP contribution >= 0.6 is 0 Å². The maximum absolute atomic E-state index is 12.2. The van der Waals surface area contributed by atoms with Crippen molar-refractivity contribution in [2.24, 2.45) is 5.92 Å². The van der Waals surface area contributed by atoms with Crippen molar-refractivity contribution in [3.63, 3.8) is 0 Å². The van der Waals surface area contributed by atoms with Gasteiger partial charge in [-0.05, 0) is 62.3 Å². The Morgan fingerprint density at radius 1 is 1.12 bits per heavy atom. The quantitative estimate of drug-likeness (QED) is 0.675. The highest BCUT2D eigenvalue weighted by Crippen LogP contribution is 2.26. The normalized spacial score (nSPS) is 23.0. The molecule has 0 bridgehead atoms. The Morgan fingerprint density at radius 3 is 2.60 bits per heavy atom. The van der Waals surface area contributed by atoms with Crippen LogP contribution in [-0.4, -0.2) is 29.1 Å². The molecular weight excluding hydrogens is 322 g/mol. The fourth-order valence-corrected chi connectivity index (χ4v) is 3.49. The third-order valence-electron chi connectivity index (χ3n) is 4.90. The number of anilines is 2. The molecule has 1 heterocycles. The lowest BCUT2D eigenvalue weighted by molar-refractivity contribution is -0.142. The lowest BCUT2D eigenvalue weighted by Gasteiger charge is -2.26. The standard InChI is InChI=1S/C18H23N3O4/c22-16-3-1-2-12-10-14(8-9-15(12)21-16)20-18(25)19-13-6-4-11(5-7-13)17(23)24/h8-11,13H,1-7H2,(H,21,22)(H,23,24)(H2,19,20,25). The molecule has 2 aliphatic rings. The van der Waals surface area contributed by atoms with E-state index in [1.54, 1.807) is 6.07 Å². The average Bonchev–Trinajstić information content (AvgIpc) is 2.75. The molecular formula is C18H23N3O4. The number of carbonyl (C=O) groups is 3. The van der Waals surface area contributed by atoms with Gasteiger partial charge in [-0.3, -0.25) is 9.59 Å². The highest BCUT2D eigenvalue weighted by atomic mass is 16.4. The Balaban J connectivity index is 1.54. The van der Waals surface area contributed by atoms with E-state index in [1.165, 1.54) is 0 Å². The Bertz CT molecular complexity index is 681. The van der Waals surface area contributed by atoms with Crippen LogP contribution < -0.4 is 16.0 Å². The van der Waals surface area contributed by atoms with E-state index in [-0.39, 0.29) is 23.9 Å². The lowest BCUT2D eigenvalue weighted by Crippen LogP contribution is -2.41. The number of benzene rings is 1. The molecule has 7 heteroatoms. The SMILES string of the molecule is O=C1CCCc2cc(NC(=O)NC3CCC(C(=O)O)CC3)ccc2N1. The molecule has 0 aromatic heterocycles. The first-order valence-corrected chi connectivity index (χ1v) is 8.74. The number of carbonyl (C=O) groups excluding carboxylic acids is 2. The number of amides is 3. The summed E-state index contributed by atoms with van der Waals surface area (Å²) in [5.41, 5.74) is 2.51. The first-order valence-electron chi connectivity index (χ1n) is 8.74. The van der Waals surface area contributed by atoms with Gasteiger partial charge in [0.25, 0.3) is 0 Å². The van der Waals surface area contributed by atoms with Crippen LogP contribution in [0, 0.1) is 5.92 Å². The molecule has 1 aromatic carbocycles. The van der Waals surface area contributed by atoms with E-state index in [0.717, 1.165) is 24.1 Å². The molecule has 0 radical (unpaired) electrons. The number of rotatable bonds is 3. The largest absolute Gasteiger partial charge is 0.481 e. The minimum atomic E-state index is -0.750. The van der Waals surface area contributed by atoms with Gasteiger partial charge < -0.3 is 21.1 Å². The van der Waals surface area contributed by atoms with Crippen molar-refractivity contribution >= 4 is 29.3 Å². The summed E-state index contributed by atoms with van der Waals surface area (Å²) < 4.78 is 0. The number of hydrogen-bond acceptors (Lipinski definition) is 3. The molecule has 25 heavy (non-hydrogen) atoms. The van der Waals surface area contributed by atoms with E-state index in [1.807, 2.05) is 12.1 Å². The molecule has 3 amide bonds. The van der Waals surface area contributed by atoms with Gasteiger partial charge in [0.1, 0.15) is 0 Å². The van der Waals surface area contributed by atoms with Crippen molar-refractivity contribution in [3.8, 4) is 0 Å². The van der Waals surface area contributed by atoms with Gasteiger partial charge in [0, 0.05) is 23.8 Å². The monoisotopic (exact) mass is 345 g/mol. The molecule has 0 spiro atoms. The van der Waals surface area contributed by atoms with Crippen molar-refractivity contribution in [1.29, 1.82) is 0 Å². The highest BCUT2D eigenvalue weighted by Gasteiger charge is 2.26. The number of hydrogen-bond donors (Lipinski definition) is 4. The molecule has 1 aliphatic heterocycles. The molecule has 7 nitrogen and oxygen atoms in total. The molecule has 1 saturated carbocycles. The summed E-state index contributed by atoms with van der Waals surface area (Å²) in [6, 6.07) is 5.20. The van der Waals surface area contributed by atoms with Crippen LogP contribution in [0.25, 0.3) is 0 Å². The number of carboxylic acid groups (broad SMARTS) is 1. The summed E-state index contributed by atoms with van der Waals surface area (Å²) in [7, 11) is 0. The molecule has 4 N–H and O–H groups in total. The van der Waals surface area contributed by atoms with E-state index in [4.69, 9.17) is 5.11 Å². The molecule has 1 fully saturated rings. The number of aliphatic carboxylic acids is 1. The highest BCUT2D eigenvalue weighted by molar-refractivity contribution is 5.94. The minimum Gasteiger partial charge on any atom is -0.481 e. The molecule has 1 aromatic rings. The predicted octanol–water partition coefficient (Wildman–Crippen LogP) is 2.73. The van der Waals surface area contributed by atoms with Gasteiger partial charge in [-0.15, -0.1) is 0 Å². The van der Waals surface area contributed by atoms with E-state index in [9.17, 15) is 14.4 Å². The Labute approximate surface area is 146 Å². The minimum absolute atomic E-state index is 0.00992. The second-order valence-electron chi connectivity index (χ2n) is 6.76.